The van der Waals surface area contributed by atoms with Crippen molar-refractivity contribution in [2.45, 2.75) is 19.2 Å². The minimum atomic E-state index is -1.70. The Balaban J connectivity index is 1.95. The lowest BCUT2D eigenvalue weighted by atomic mass is 9.92. The van der Waals surface area contributed by atoms with Gasteiger partial charge in [0.15, 0.2) is 5.72 Å². The van der Waals surface area contributed by atoms with Gasteiger partial charge in [0.25, 0.3) is 5.91 Å². The van der Waals surface area contributed by atoms with Gasteiger partial charge in [0.1, 0.15) is 5.82 Å². The van der Waals surface area contributed by atoms with Gasteiger partial charge in [-0.05, 0) is 36.4 Å². The first-order valence-corrected chi connectivity index (χ1v) is 11.8. The lowest BCUT2D eigenvalue weighted by Crippen LogP contribution is -2.48. The number of pyridine rings is 1. The van der Waals surface area contributed by atoms with Crippen LogP contribution in [0.3, 0.4) is 0 Å². The predicted molar refractivity (Wildman–Crippen MR) is 130 cm³/mol. The van der Waals surface area contributed by atoms with Crippen LogP contribution >= 0.6 is 39.1 Å². The Kier molecular flexibility index (Phi) is 6.96. The van der Waals surface area contributed by atoms with Crippen molar-refractivity contribution in [2.24, 2.45) is 11.7 Å². The first-order chi connectivity index (χ1) is 16.1. The van der Waals surface area contributed by atoms with E-state index < -0.39 is 29.3 Å². The van der Waals surface area contributed by atoms with Crippen molar-refractivity contribution in [3.63, 3.8) is 0 Å². The average molecular weight is 567 g/mol. The third-order valence-electron chi connectivity index (χ3n) is 5.62. The number of halogens is 4. The van der Waals surface area contributed by atoms with Crippen molar-refractivity contribution in [1.82, 2.24) is 9.88 Å². The molecule has 0 saturated heterocycles. The van der Waals surface area contributed by atoms with Crippen LogP contribution in [0.25, 0.3) is 0 Å². The molecule has 1 aromatic heterocycles. The standard InChI is InChI=1S/C24H19BrCl2FN3O3/c1-13(22(29)32)12-34-24(14-2-4-16(26)5-3-14)21-19(8-15(25)9-20(21)28)23(33)31(24)11-18-7-6-17(27)10-30-18/h2-10,13H,11-12H2,1H3,(H2,29,32)/t13-,24?/m1/s1. The molecule has 1 unspecified atom stereocenters. The molecule has 1 aliphatic heterocycles. The zero-order valence-corrected chi connectivity index (χ0v) is 21.0. The van der Waals surface area contributed by atoms with Crippen LogP contribution in [-0.4, -0.2) is 28.3 Å². The van der Waals surface area contributed by atoms with Gasteiger partial charge in [-0.25, -0.2) is 4.39 Å². The highest BCUT2D eigenvalue weighted by Gasteiger charge is 2.54. The molecule has 4 rings (SSSR count). The van der Waals surface area contributed by atoms with Crippen LogP contribution < -0.4 is 5.73 Å². The molecule has 2 N–H and O–H groups in total. The fraction of sp³-hybridized carbons (Fsp3) is 0.208. The molecule has 2 amide bonds. The Morgan fingerprint density at radius 3 is 2.50 bits per heavy atom. The smallest absolute Gasteiger partial charge is 0.257 e. The van der Waals surface area contributed by atoms with Crippen LogP contribution in [0, 0.1) is 11.7 Å². The molecule has 176 valence electrons. The van der Waals surface area contributed by atoms with E-state index in [1.54, 1.807) is 49.4 Å². The van der Waals surface area contributed by atoms with Crippen LogP contribution in [0.1, 0.15) is 34.1 Å². The monoisotopic (exact) mass is 565 g/mol. The van der Waals surface area contributed by atoms with E-state index in [9.17, 15) is 9.59 Å². The minimum absolute atomic E-state index is 0.0185. The van der Waals surface area contributed by atoms with Crippen LogP contribution in [0.15, 0.2) is 59.2 Å². The molecular formula is C24H19BrCl2FN3O3. The summed E-state index contributed by atoms with van der Waals surface area (Å²) in [6.45, 7) is 1.42. The molecule has 0 spiro atoms. The molecule has 0 aliphatic carbocycles. The van der Waals surface area contributed by atoms with Gasteiger partial charge < -0.3 is 10.5 Å². The van der Waals surface area contributed by atoms with Crippen molar-refractivity contribution in [2.75, 3.05) is 6.61 Å². The highest BCUT2D eigenvalue weighted by molar-refractivity contribution is 9.10. The minimum Gasteiger partial charge on any atom is -0.369 e. The van der Waals surface area contributed by atoms with Crippen LogP contribution in [0.5, 0.6) is 0 Å². The Hall–Kier alpha value is -2.52. The molecule has 3 aromatic rings. The van der Waals surface area contributed by atoms with Crippen molar-refractivity contribution in [3.05, 3.63) is 97.4 Å². The number of nitrogens with two attached hydrogens (primary N) is 1. The van der Waals surface area contributed by atoms with Crippen LogP contribution in [-0.2, 0) is 21.8 Å². The summed E-state index contributed by atoms with van der Waals surface area (Å²) >= 11 is 15.3. The number of ether oxygens (including phenoxy) is 1. The van der Waals surface area contributed by atoms with E-state index in [2.05, 4.69) is 20.9 Å². The Labute approximate surface area is 213 Å². The Bertz CT molecular complexity index is 1260. The number of hydrogen-bond acceptors (Lipinski definition) is 4. The Morgan fingerprint density at radius 2 is 1.88 bits per heavy atom. The number of amides is 2. The van der Waals surface area contributed by atoms with E-state index in [-0.39, 0.29) is 24.3 Å². The second-order valence-electron chi connectivity index (χ2n) is 7.93. The van der Waals surface area contributed by atoms with Gasteiger partial charge in [0, 0.05) is 21.3 Å². The number of carbonyl (C=O) groups excluding carboxylic acids is 2. The van der Waals surface area contributed by atoms with E-state index >= 15 is 4.39 Å². The van der Waals surface area contributed by atoms with Gasteiger partial charge in [-0.3, -0.25) is 19.5 Å². The molecule has 10 heteroatoms. The molecular weight excluding hydrogens is 548 g/mol. The maximum absolute atomic E-state index is 15.6. The topological polar surface area (TPSA) is 85.5 Å². The zero-order valence-electron chi connectivity index (χ0n) is 17.9. The van der Waals surface area contributed by atoms with Crippen molar-refractivity contribution >= 4 is 50.9 Å². The largest absolute Gasteiger partial charge is 0.369 e. The van der Waals surface area contributed by atoms with Gasteiger partial charge in [0.05, 0.1) is 40.9 Å². The van der Waals surface area contributed by atoms with Crippen molar-refractivity contribution < 1.29 is 18.7 Å². The van der Waals surface area contributed by atoms with E-state index in [0.29, 0.717) is 25.8 Å². The van der Waals surface area contributed by atoms with Gasteiger partial charge in [-0.2, -0.15) is 0 Å². The van der Waals surface area contributed by atoms with Gasteiger partial charge >= 0.3 is 0 Å². The summed E-state index contributed by atoms with van der Waals surface area (Å²) in [6.07, 6.45) is 1.46. The lowest BCUT2D eigenvalue weighted by molar-refractivity contribution is -0.138. The van der Waals surface area contributed by atoms with Gasteiger partial charge in [0.2, 0.25) is 5.91 Å². The first-order valence-electron chi connectivity index (χ1n) is 10.2. The third-order valence-corrected chi connectivity index (χ3v) is 6.56. The highest BCUT2D eigenvalue weighted by atomic mass is 79.9. The summed E-state index contributed by atoms with van der Waals surface area (Å²) in [6, 6.07) is 12.7. The molecule has 2 atom stereocenters. The number of rotatable bonds is 7. The van der Waals surface area contributed by atoms with E-state index in [4.69, 9.17) is 33.7 Å². The summed E-state index contributed by atoms with van der Waals surface area (Å²) in [4.78, 5) is 31.1. The third kappa shape index (κ3) is 4.43. The molecule has 34 heavy (non-hydrogen) atoms. The number of benzene rings is 2. The molecule has 2 aromatic carbocycles. The molecule has 0 radical (unpaired) electrons. The van der Waals surface area contributed by atoms with Crippen LogP contribution in [0.2, 0.25) is 10.0 Å². The fourth-order valence-electron chi connectivity index (χ4n) is 3.89. The first kappa shape index (κ1) is 24.6. The SMILES string of the molecule is C[C@H](COC1(c2ccc(Cl)cc2)c2c(F)cc(Br)cc2C(=O)N1Cc1ccc(Cl)cn1)C(N)=O. The van der Waals surface area contributed by atoms with Crippen molar-refractivity contribution in [1.29, 1.82) is 0 Å². The number of nitrogens with zero attached hydrogens (tertiary/aromatic N) is 2. The average Bonchev–Trinajstić information content (AvgIpc) is 3.02. The maximum atomic E-state index is 15.6. The van der Waals surface area contributed by atoms with Gasteiger partial charge in [-0.15, -0.1) is 0 Å². The van der Waals surface area contributed by atoms with E-state index in [1.807, 2.05) is 0 Å². The number of primary amides is 1. The summed E-state index contributed by atoms with van der Waals surface area (Å²) in [5.41, 5.74) is 4.87. The second-order valence-corrected chi connectivity index (χ2v) is 9.72. The highest BCUT2D eigenvalue weighted by Crippen LogP contribution is 2.48. The summed E-state index contributed by atoms with van der Waals surface area (Å²) in [5, 5.41) is 0.890. The number of fused-ring (bicyclic) bond motifs is 1. The molecule has 0 fully saturated rings. The molecule has 2 heterocycles. The van der Waals surface area contributed by atoms with Crippen LogP contribution in [0.4, 0.5) is 4.39 Å². The normalized spacial score (nSPS) is 18.1. The van der Waals surface area contributed by atoms with E-state index in [0.717, 1.165) is 0 Å². The Morgan fingerprint density at radius 1 is 1.21 bits per heavy atom. The van der Waals surface area contributed by atoms with E-state index in [1.165, 1.54) is 17.2 Å². The second kappa shape index (κ2) is 9.62. The van der Waals surface area contributed by atoms with Crippen molar-refractivity contribution in [3.8, 4) is 0 Å². The lowest BCUT2D eigenvalue weighted by Gasteiger charge is -2.40. The summed E-state index contributed by atoms with van der Waals surface area (Å²) < 4.78 is 22.3. The molecule has 0 bridgehead atoms. The molecule has 6 nitrogen and oxygen atoms in total. The quantitative estimate of drug-likeness (QED) is 0.421. The molecule has 1 aliphatic rings. The maximum Gasteiger partial charge on any atom is 0.257 e. The predicted octanol–water partition coefficient (Wildman–Crippen LogP) is 5.29. The summed E-state index contributed by atoms with van der Waals surface area (Å²) in [5.74, 6) is -2.39. The van der Waals surface area contributed by atoms with Gasteiger partial charge in [-0.1, -0.05) is 58.2 Å². The zero-order chi connectivity index (χ0) is 24.6. The number of hydrogen-bond donors (Lipinski definition) is 1. The molecule has 0 saturated carbocycles. The summed E-state index contributed by atoms with van der Waals surface area (Å²) in [7, 11) is 0. The number of carbonyl (C=O) groups is 2. The number of aromatic nitrogens is 1. The fourth-order valence-corrected chi connectivity index (χ4v) is 4.56.